The average Bonchev–Trinajstić information content (AvgIpc) is 3.52. The minimum absolute atomic E-state index is 0.0471. The van der Waals surface area contributed by atoms with Crippen LogP contribution in [0, 0.1) is 5.82 Å². The van der Waals surface area contributed by atoms with Crippen molar-refractivity contribution in [2.24, 2.45) is 0 Å². The van der Waals surface area contributed by atoms with Crippen molar-refractivity contribution in [1.82, 2.24) is 15.2 Å². The zero-order chi connectivity index (χ0) is 24.1. The van der Waals surface area contributed by atoms with Crippen LogP contribution in [-0.4, -0.2) is 37.1 Å². The second-order valence-electron chi connectivity index (χ2n) is 7.54. The van der Waals surface area contributed by atoms with E-state index in [-0.39, 0.29) is 30.2 Å². The van der Waals surface area contributed by atoms with E-state index in [0.29, 0.717) is 17.9 Å². The largest absolute Gasteiger partial charge is 0.486 e. The molecule has 1 aliphatic heterocycles. The minimum Gasteiger partial charge on any atom is -0.486 e. The van der Waals surface area contributed by atoms with Crippen LogP contribution in [0.25, 0.3) is 0 Å². The maximum atomic E-state index is 13.2. The van der Waals surface area contributed by atoms with Gasteiger partial charge in [0.05, 0.1) is 4.90 Å². The van der Waals surface area contributed by atoms with Crippen molar-refractivity contribution < 1.29 is 31.6 Å². The van der Waals surface area contributed by atoms with E-state index in [1.807, 2.05) is 18.2 Å². The lowest BCUT2D eigenvalue weighted by atomic mass is 10.2. The third-order valence-electron chi connectivity index (χ3n) is 5.24. The van der Waals surface area contributed by atoms with Crippen LogP contribution >= 0.6 is 0 Å². The monoisotopic (exact) mass is 487 g/mol. The van der Waals surface area contributed by atoms with Gasteiger partial charge < -0.3 is 9.15 Å². The van der Waals surface area contributed by atoms with Crippen LogP contribution in [0.5, 0.6) is 5.75 Å². The summed E-state index contributed by atoms with van der Waals surface area (Å²) in [7, 11) is -4.01. The normalized spacial score (nSPS) is 16.2. The van der Waals surface area contributed by atoms with E-state index in [1.54, 1.807) is 18.2 Å². The molecule has 1 unspecified atom stereocenters. The Morgan fingerprint density at radius 3 is 2.50 bits per heavy atom. The van der Waals surface area contributed by atoms with Crippen molar-refractivity contribution in [2.45, 2.75) is 30.4 Å². The van der Waals surface area contributed by atoms with Crippen molar-refractivity contribution in [3.05, 3.63) is 84.1 Å². The molecule has 2 aromatic carbocycles. The molecular weight excluding hydrogens is 465 g/mol. The van der Waals surface area contributed by atoms with Crippen molar-refractivity contribution >= 4 is 21.8 Å². The summed E-state index contributed by atoms with van der Waals surface area (Å²) in [4.78, 5) is 24.9. The first-order valence-corrected chi connectivity index (χ1v) is 11.9. The second kappa shape index (κ2) is 10.1. The summed E-state index contributed by atoms with van der Waals surface area (Å²) in [6.07, 6.45) is 0.749. The minimum atomic E-state index is -4.01. The topological polar surface area (TPSA) is 118 Å². The van der Waals surface area contributed by atoms with E-state index in [9.17, 15) is 22.4 Å². The predicted molar refractivity (Wildman–Crippen MR) is 118 cm³/mol. The van der Waals surface area contributed by atoms with Crippen molar-refractivity contribution in [2.75, 3.05) is 6.54 Å². The van der Waals surface area contributed by atoms with Crippen molar-refractivity contribution in [3.63, 3.8) is 0 Å². The van der Waals surface area contributed by atoms with Crippen LogP contribution in [0.2, 0.25) is 0 Å². The number of hydrazine groups is 1. The molecule has 0 saturated carbocycles. The number of nitrogens with one attached hydrogen (secondary N) is 2. The number of para-hydroxylation sites is 1. The molecule has 9 nitrogen and oxygen atoms in total. The quantitative estimate of drug-likeness (QED) is 0.495. The van der Waals surface area contributed by atoms with Crippen molar-refractivity contribution in [1.29, 1.82) is 0 Å². The molecule has 2 heterocycles. The smallest absolute Gasteiger partial charge is 0.305 e. The predicted octanol–water partition coefficient (Wildman–Crippen LogP) is 2.61. The first-order chi connectivity index (χ1) is 16.3. The van der Waals surface area contributed by atoms with Crippen LogP contribution in [0.3, 0.4) is 0 Å². The molecule has 34 heavy (non-hydrogen) atoms. The van der Waals surface area contributed by atoms with Crippen LogP contribution in [-0.2, 0) is 21.4 Å². The SMILES string of the molecule is O=C(NNC(=O)C1CCCN1S(=O)(=O)c1ccc(F)cc1)c1ccc(COc2ccccc2)o1. The number of rotatable bonds is 7. The molecule has 11 heteroatoms. The van der Waals surface area contributed by atoms with E-state index >= 15 is 0 Å². The summed E-state index contributed by atoms with van der Waals surface area (Å²) in [6.45, 7) is 0.247. The lowest BCUT2D eigenvalue weighted by Gasteiger charge is -2.23. The Kier molecular flexibility index (Phi) is 6.94. The van der Waals surface area contributed by atoms with Gasteiger partial charge in [-0.2, -0.15) is 4.31 Å². The summed E-state index contributed by atoms with van der Waals surface area (Å²) < 4.78 is 51.0. The highest BCUT2D eigenvalue weighted by molar-refractivity contribution is 7.89. The molecule has 4 rings (SSSR count). The summed E-state index contributed by atoms with van der Waals surface area (Å²) in [5.41, 5.74) is 4.49. The van der Waals surface area contributed by atoms with Gasteiger partial charge in [-0.3, -0.25) is 20.4 Å². The first-order valence-electron chi connectivity index (χ1n) is 10.5. The summed E-state index contributed by atoms with van der Waals surface area (Å²) in [5, 5.41) is 0. The number of sulfonamides is 1. The van der Waals surface area contributed by atoms with Crippen molar-refractivity contribution in [3.8, 4) is 5.75 Å². The molecule has 1 aromatic heterocycles. The third kappa shape index (κ3) is 5.26. The fraction of sp³-hybridized carbons (Fsp3) is 0.217. The van der Waals surface area contributed by atoms with E-state index in [4.69, 9.17) is 9.15 Å². The fourth-order valence-electron chi connectivity index (χ4n) is 3.54. The molecule has 3 aromatic rings. The Hall–Kier alpha value is -3.70. The summed E-state index contributed by atoms with van der Waals surface area (Å²) in [5.74, 6) is -0.943. The van der Waals surface area contributed by atoms with E-state index in [0.717, 1.165) is 28.6 Å². The molecule has 1 saturated heterocycles. The van der Waals surface area contributed by atoms with Gasteiger partial charge in [0.2, 0.25) is 10.0 Å². The van der Waals surface area contributed by atoms with Gasteiger partial charge in [0.25, 0.3) is 5.91 Å². The Labute approximate surface area is 195 Å². The van der Waals surface area contributed by atoms with Crippen LogP contribution in [0.15, 0.2) is 76.0 Å². The number of halogens is 1. The standard InChI is InChI=1S/C23H22FN3O6S/c24-16-8-11-19(12-9-16)34(30,31)27-14-4-7-20(27)22(28)25-26-23(29)21-13-10-18(33-21)15-32-17-5-2-1-3-6-17/h1-3,5-6,8-13,20H,4,7,14-15H2,(H,25,28)(H,26,29). The number of carbonyl (C=O) groups excluding carboxylic acids is 2. The number of benzene rings is 2. The van der Waals surface area contributed by atoms with Gasteiger partial charge >= 0.3 is 5.91 Å². The second-order valence-corrected chi connectivity index (χ2v) is 9.43. The van der Waals surface area contributed by atoms with Crippen LogP contribution in [0.1, 0.15) is 29.2 Å². The molecule has 0 spiro atoms. The molecule has 1 atom stereocenters. The number of hydrogen-bond donors (Lipinski definition) is 2. The number of amides is 2. The lowest BCUT2D eigenvalue weighted by molar-refractivity contribution is -0.125. The Morgan fingerprint density at radius 2 is 1.76 bits per heavy atom. The summed E-state index contributed by atoms with van der Waals surface area (Å²) in [6, 6.07) is 15.5. The number of furan rings is 1. The first kappa shape index (κ1) is 23.5. The highest BCUT2D eigenvalue weighted by Crippen LogP contribution is 2.26. The van der Waals surface area contributed by atoms with Crippen LogP contribution in [0.4, 0.5) is 4.39 Å². The number of nitrogens with zero attached hydrogens (tertiary/aromatic N) is 1. The lowest BCUT2D eigenvalue weighted by Crippen LogP contribution is -2.51. The van der Waals surface area contributed by atoms with Gasteiger partial charge in [-0.05, 0) is 61.4 Å². The number of carbonyl (C=O) groups is 2. The molecule has 0 bridgehead atoms. The van der Waals surface area contributed by atoms with Gasteiger partial charge in [0.1, 0.15) is 30.0 Å². The van der Waals surface area contributed by atoms with E-state index in [2.05, 4.69) is 10.9 Å². The molecule has 2 N–H and O–H groups in total. The maximum Gasteiger partial charge on any atom is 0.305 e. The highest BCUT2D eigenvalue weighted by Gasteiger charge is 2.39. The van der Waals surface area contributed by atoms with Gasteiger partial charge in [0, 0.05) is 6.54 Å². The molecule has 0 radical (unpaired) electrons. The average molecular weight is 488 g/mol. The van der Waals surface area contributed by atoms with E-state index in [1.165, 1.54) is 6.07 Å². The zero-order valence-corrected chi connectivity index (χ0v) is 18.8. The maximum absolute atomic E-state index is 13.2. The molecule has 178 valence electrons. The summed E-state index contributed by atoms with van der Waals surface area (Å²) >= 11 is 0. The molecule has 1 fully saturated rings. The molecule has 2 amide bonds. The fourth-order valence-corrected chi connectivity index (χ4v) is 5.20. The zero-order valence-electron chi connectivity index (χ0n) is 17.9. The third-order valence-corrected chi connectivity index (χ3v) is 7.16. The van der Waals surface area contributed by atoms with Crippen LogP contribution < -0.4 is 15.6 Å². The molecular formula is C23H22FN3O6S. The highest BCUT2D eigenvalue weighted by atomic mass is 32.2. The number of hydrogen-bond acceptors (Lipinski definition) is 6. The van der Waals surface area contributed by atoms with Gasteiger partial charge in [-0.1, -0.05) is 18.2 Å². The van der Waals surface area contributed by atoms with Gasteiger partial charge in [0.15, 0.2) is 5.76 Å². The van der Waals surface area contributed by atoms with E-state index < -0.39 is 33.7 Å². The Balaban J connectivity index is 1.33. The van der Waals surface area contributed by atoms with Gasteiger partial charge in [-0.15, -0.1) is 0 Å². The Morgan fingerprint density at radius 1 is 1.03 bits per heavy atom. The number of ether oxygens (including phenoxy) is 1. The van der Waals surface area contributed by atoms with Gasteiger partial charge in [-0.25, -0.2) is 12.8 Å². The molecule has 1 aliphatic rings. The molecule has 0 aliphatic carbocycles. The Bertz CT molecular complexity index is 1260.